The molecule has 0 saturated carbocycles. The lowest BCUT2D eigenvalue weighted by Gasteiger charge is -2.26. The Balaban J connectivity index is 2.08. The molecule has 17 heteroatoms. The number of nitrogens with two attached hydrogens (primary N) is 3. The molecule has 0 aromatic heterocycles. The summed E-state index contributed by atoms with van der Waals surface area (Å²) in [5, 5.41) is 31.9. The summed E-state index contributed by atoms with van der Waals surface area (Å²) >= 11 is 0. The number of aromatic hydroxyl groups is 1. The highest BCUT2D eigenvalue weighted by atomic mass is 16.4. The highest BCUT2D eigenvalue weighted by Gasteiger charge is 2.31. The lowest BCUT2D eigenvalue weighted by molar-refractivity contribution is -0.142. The van der Waals surface area contributed by atoms with Crippen LogP contribution in [0.5, 0.6) is 5.75 Å². The molecule has 2 rings (SSSR count). The fourth-order valence-corrected chi connectivity index (χ4v) is 5.22. The molecule has 17 nitrogen and oxygen atoms in total. The minimum Gasteiger partial charge on any atom is -0.508 e. The lowest BCUT2D eigenvalue weighted by atomic mass is 10.00. The van der Waals surface area contributed by atoms with Gasteiger partial charge in [0.15, 0.2) is 5.96 Å². The van der Waals surface area contributed by atoms with Gasteiger partial charge < -0.3 is 54.0 Å². The fraction of sp³-hybridized carbons (Fsp3) is 0.472. The second-order valence-electron chi connectivity index (χ2n) is 13.3. The van der Waals surface area contributed by atoms with Crippen LogP contribution in [-0.4, -0.2) is 94.5 Å². The SMILES string of the molecule is CC(C)CC(NC(=O)C(Cc1ccccc1)NC(=O)CNC(=O)C(C)NC(=O)C(N)Cc1ccc(O)cc1)C(=O)NC(CCC(C)N=C(N)N)C(=O)O. The van der Waals surface area contributed by atoms with E-state index in [1.54, 1.807) is 49.4 Å². The highest BCUT2D eigenvalue weighted by molar-refractivity contribution is 5.95. The predicted molar refractivity (Wildman–Crippen MR) is 198 cm³/mol. The van der Waals surface area contributed by atoms with Gasteiger partial charge in [-0.2, -0.15) is 0 Å². The number of nitrogens with one attached hydrogen (secondary N) is 5. The summed E-state index contributed by atoms with van der Waals surface area (Å²) in [6, 6.07) is 8.96. The smallest absolute Gasteiger partial charge is 0.326 e. The Labute approximate surface area is 308 Å². The average Bonchev–Trinajstić information content (AvgIpc) is 3.08. The number of amides is 5. The normalized spacial score (nSPS) is 14.3. The molecule has 0 radical (unpaired) electrons. The van der Waals surface area contributed by atoms with Gasteiger partial charge in [-0.15, -0.1) is 0 Å². The van der Waals surface area contributed by atoms with E-state index in [0.29, 0.717) is 11.1 Å². The maximum atomic E-state index is 13.7. The average molecular weight is 740 g/mol. The van der Waals surface area contributed by atoms with Gasteiger partial charge in [0.25, 0.3) is 0 Å². The van der Waals surface area contributed by atoms with E-state index in [9.17, 15) is 39.0 Å². The summed E-state index contributed by atoms with van der Waals surface area (Å²) in [4.78, 5) is 81.4. The highest BCUT2D eigenvalue weighted by Crippen LogP contribution is 2.12. The van der Waals surface area contributed by atoms with E-state index >= 15 is 0 Å². The minimum absolute atomic E-state index is 0.0225. The van der Waals surface area contributed by atoms with Crippen molar-refractivity contribution in [3.63, 3.8) is 0 Å². The number of carbonyl (C=O) groups is 6. The first-order valence-corrected chi connectivity index (χ1v) is 17.3. The molecule has 5 amide bonds. The van der Waals surface area contributed by atoms with Crippen LogP contribution in [0.3, 0.4) is 0 Å². The van der Waals surface area contributed by atoms with Crippen LogP contribution in [0, 0.1) is 5.92 Å². The standard InChI is InChI=1S/C36H53N9O8/c1-20(2)16-28(33(50)44-27(35(52)53)15-10-21(3)41-36(38)39)45-34(51)29(18-23-8-6-5-7-9-23)43-30(47)19-40-31(48)22(4)42-32(49)26(37)17-24-11-13-25(46)14-12-24/h5-9,11-14,20-22,26-29,46H,10,15-19,37H2,1-4H3,(H,40,48)(H,42,49)(H,43,47)(H,44,50)(H,45,51)(H,52,53)(H4,38,39,41). The minimum atomic E-state index is -1.28. The van der Waals surface area contributed by atoms with E-state index in [2.05, 4.69) is 31.6 Å². The molecule has 0 aliphatic carbocycles. The number of rotatable bonds is 21. The van der Waals surface area contributed by atoms with Gasteiger partial charge in [-0.05, 0) is 68.7 Å². The number of hydrogen-bond donors (Lipinski definition) is 10. The van der Waals surface area contributed by atoms with Gasteiger partial charge in [-0.25, -0.2) is 4.79 Å². The number of guanidine groups is 1. The molecule has 13 N–H and O–H groups in total. The molecule has 0 heterocycles. The van der Waals surface area contributed by atoms with Gasteiger partial charge in [-0.1, -0.05) is 56.3 Å². The Hall–Kier alpha value is -5.71. The Morgan fingerprint density at radius 1 is 0.698 bits per heavy atom. The van der Waals surface area contributed by atoms with Crippen LogP contribution in [0.25, 0.3) is 0 Å². The van der Waals surface area contributed by atoms with Crippen molar-refractivity contribution in [1.29, 1.82) is 0 Å². The van der Waals surface area contributed by atoms with E-state index in [4.69, 9.17) is 17.2 Å². The van der Waals surface area contributed by atoms with Crippen LogP contribution < -0.4 is 43.8 Å². The lowest BCUT2D eigenvalue weighted by Crippen LogP contribution is -2.57. The van der Waals surface area contributed by atoms with Crippen LogP contribution in [0.4, 0.5) is 0 Å². The molecule has 290 valence electrons. The molecule has 0 fully saturated rings. The molecule has 0 aliphatic rings. The maximum absolute atomic E-state index is 13.7. The largest absolute Gasteiger partial charge is 0.508 e. The van der Waals surface area contributed by atoms with E-state index in [-0.39, 0.29) is 55.8 Å². The molecular formula is C36H53N9O8. The van der Waals surface area contributed by atoms with Crippen molar-refractivity contribution in [3.8, 4) is 5.75 Å². The van der Waals surface area contributed by atoms with Gasteiger partial charge >= 0.3 is 5.97 Å². The van der Waals surface area contributed by atoms with Gasteiger partial charge in [0.1, 0.15) is 29.9 Å². The van der Waals surface area contributed by atoms with Gasteiger partial charge in [0, 0.05) is 6.42 Å². The predicted octanol–water partition coefficient (Wildman–Crippen LogP) is -0.847. The van der Waals surface area contributed by atoms with Crippen molar-refractivity contribution in [2.75, 3.05) is 6.54 Å². The van der Waals surface area contributed by atoms with Crippen LogP contribution >= 0.6 is 0 Å². The zero-order valence-electron chi connectivity index (χ0n) is 30.5. The van der Waals surface area contributed by atoms with Gasteiger partial charge in [-0.3, -0.25) is 29.0 Å². The van der Waals surface area contributed by atoms with Crippen molar-refractivity contribution in [3.05, 3.63) is 65.7 Å². The van der Waals surface area contributed by atoms with Crippen molar-refractivity contribution in [1.82, 2.24) is 26.6 Å². The number of aliphatic carboxylic acids is 1. The number of aliphatic imine (C=N–C) groups is 1. The first kappa shape index (κ1) is 43.5. The third kappa shape index (κ3) is 16.5. The van der Waals surface area contributed by atoms with E-state index in [0.717, 1.165) is 0 Å². The summed E-state index contributed by atoms with van der Waals surface area (Å²) in [6.45, 7) is 6.24. The number of phenolic OH excluding ortho intramolecular Hbond substituents is 1. The molecule has 2 aromatic carbocycles. The third-order valence-electron chi connectivity index (χ3n) is 8.04. The van der Waals surface area contributed by atoms with Crippen molar-refractivity contribution in [2.45, 2.75) is 96.1 Å². The molecule has 6 atom stereocenters. The fourth-order valence-electron chi connectivity index (χ4n) is 5.22. The Morgan fingerprint density at radius 2 is 1.28 bits per heavy atom. The molecular weight excluding hydrogens is 686 g/mol. The Bertz CT molecular complexity index is 1570. The van der Waals surface area contributed by atoms with E-state index < -0.39 is 72.3 Å². The van der Waals surface area contributed by atoms with Crippen LogP contribution in [0.1, 0.15) is 58.1 Å². The molecule has 2 aromatic rings. The summed E-state index contributed by atoms with van der Waals surface area (Å²) in [7, 11) is 0. The van der Waals surface area contributed by atoms with Crippen LogP contribution in [0.2, 0.25) is 0 Å². The third-order valence-corrected chi connectivity index (χ3v) is 8.04. The topological polar surface area (TPSA) is 293 Å². The Morgan fingerprint density at radius 3 is 1.87 bits per heavy atom. The number of carboxylic acid groups (broad SMARTS) is 1. The van der Waals surface area contributed by atoms with Crippen molar-refractivity contribution >= 4 is 41.5 Å². The van der Waals surface area contributed by atoms with E-state index in [1.165, 1.54) is 19.1 Å². The zero-order valence-corrected chi connectivity index (χ0v) is 30.5. The number of carboxylic acids is 1. The second kappa shape index (κ2) is 21.6. The first-order chi connectivity index (χ1) is 24.9. The summed E-state index contributed by atoms with van der Waals surface area (Å²) in [5.41, 5.74) is 18.2. The van der Waals surface area contributed by atoms with Crippen molar-refractivity contribution < 1.29 is 39.0 Å². The van der Waals surface area contributed by atoms with Gasteiger partial charge in [0.2, 0.25) is 29.5 Å². The summed E-state index contributed by atoms with van der Waals surface area (Å²) in [5.74, 6) is -4.84. The monoisotopic (exact) mass is 739 g/mol. The maximum Gasteiger partial charge on any atom is 0.326 e. The quantitative estimate of drug-likeness (QED) is 0.0556. The Kier molecular flexibility index (Phi) is 17.7. The molecule has 6 unspecified atom stereocenters. The number of benzene rings is 2. The molecule has 0 aliphatic heterocycles. The summed E-state index contributed by atoms with van der Waals surface area (Å²) < 4.78 is 0. The number of nitrogens with zero attached hydrogens (tertiary/aromatic N) is 1. The van der Waals surface area contributed by atoms with Crippen LogP contribution in [-0.2, 0) is 41.6 Å². The second-order valence-corrected chi connectivity index (χ2v) is 13.3. The van der Waals surface area contributed by atoms with Gasteiger partial charge in [0.05, 0.1) is 18.6 Å². The zero-order chi connectivity index (χ0) is 39.7. The number of hydrogen-bond acceptors (Lipinski definition) is 9. The molecule has 53 heavy (non-hydrogen) atoms. The number of phenols is 1. The molecule has 0 spiro atoms. The van der Waals surface area contributed by atoms with Crippen LogP contribution in [0.15, 0.2) is 59.6 Å². The molecule has 0 saturated heterocycles. The van der Waals surface area contributed by atoms with E-state index in [1.807, 2.05) is 13.8 Å². The van der Waals surface area contributed by atoms with Crippen molar-refractivity contribution in [2.24, 2.45) is 28.1 Å². The first-order valence-electron chi connectivity index (χ1n) is 17.3. The summed E-state index contributed by atoms with van der Waals surface area (Å²) in [6.07, 6.45) is 0.646. The molecule has 0 bridgehead atoms. The number of carbonyl (C=O) groups excluding carboxylic acids is 5.